The van der Waals surface area contributed by atoms with Gasteiger partial charge in [0.2, 0.25) is 0 Å². The molecule has 0 saturated carbocycles. The highest BCUT2D eigenvalue weighted by Gasteiger charge is 2.14. The molecule has 1 unspecified atom stereocenters. The van der Waals surface area contributed by atoms with E-state index in [-0.39, 0.29) is 6.04 Å². The Morgan fingerprint density at radius 2 is 2.31 bits per heavy atom. The summed E-state index contributed by atoms with van der Waals surface area (Å²) in [7, 11) is 0. The van der Waals surface area contributed by atoms with Crippen LogP contribution in [-0.2, 0) is 6.42 Å². The number of aryl methyl sites for hydroxylation is 1. The standard InChI is InChI=1S/C11H15BrN4/c1-3-10-15-9-4-8(12)6-14-11(9)16(10)7(2)5-13/h4,6-7H,3,5,13H2,1-2H3. The largest absolute Gasteiger partial charge is 0.328 e. The van der Waals surface area contributed by atoms with E-state index in [9.17, 15) is 0 Å². The van der Waals surface area contributed by atoms with Crippen LogP contribution >= 0.6 is 15.9 Å². The van der Waals surface area contributed by atoms with Crippen molar-refractivity contribution in [1.29, 1.82) is 0 Å². The van der Waals surface area contributed by atoms with Crippen molar-refractivity contribution in [3.05, 3.63) is 22.6 Å². The Morgan fingerprint density at radius 3 is 2.94 bits per heavy atom. The molecule has 0 bridgehead atoms. The molecule has 0 amide bonds. The Kier molecular flexibility index (Phi) is 3.25. The van der Waals surface area contributed by atoms with Crippen LogP contribution in [0.2, 0.25) is 0 Å². The van der Waals surface area contributed by atoms with Gasteiger partial charge in [0.25, 0.3) is 0 Å². The van der Waals surface area contributed by atoms with Crippen molar-refractivity contribution in [1.82, 2.24) is 14.5 Å². The molecule has 2 aromatic rings. The second-order valence-corrected chi connectivity index (χ2v) is 4.75. The normalized spacial score (nSPS) is 13.2. The number of pyridine rings is 1. The van der Waals surface area contributed by atoms with E-state index >= 15 is 0 Å². The number of fused-ring (bicyclic) bond motifs is 1. The molecule has 5 heteroatoms. The summed E-state index contributed by atoms with van der Waals surface area (Å²) in [5.41, 5.74) is 7.56. The molecule has 2 heterocycles. The van der Waals surface area contributed by atoms with Crippen molar-refractivity contribution in [2.24, 2.45) is 5.73 Å². The highest BCUT2D eigenvalue weighted by molar-refractivity contribution is 9.10. The summed E-state index contributed by atoms with van der Waals surface area (Å²) in [6.45, 7) is 4.77. The van der Waals surface area contributed by atoms with E-state index in [1.54, 1.807) is 6.20 Å². The fourth-order valence-corrected chi connectivity index (χ4v) is 2.14. The van der Waals surface area contributed by atoms with E-state index < -0.39 is 0 Å². The van der Waals surface area contributed by atoms with Gasteiger partial charge in [-0.25, -0.2) is 9.97 Å². The fourth-order valence-electron chi connectivity index (χ4n) is 1.82. The molecule has 1 atom stereocenters. The predicted octanol–water partition coefficient (Wildman–Crippen LogP) is 2.28. The highest BCUT2D eigenvalue weighted by Crippen LogP contribution is 2.22. The van der Waals surface area contributed by atoms with Crippen molar-refractivity contribution in [3.63, 3.8) is 0 Å². The Morgan fingerprint density at radius 1 is 1.56 bits per heavy atom. The molecule has 86 valence electrons. The quantitative estimate of drug-likeness (QED) is 0.940. The smallest absolute Gasteiger partial charge is 0.160 e. The Labute approximate surface area is 103 Å². The lowest BCUT2D eigenvalue weighted by atomic mass is 10.3. The average molecular weight is 283 g/mol. The molecule has 0 aliphatic heterocycles. The van der Waals surface area contributed by atoms with E-state index in [2.05, 4.69) is 44.3 Å². The zero-order valence-corrected chi connectivity index (χ0v) is 11.0. The topological polar surface area (TPSA) is 56.7 Å². The zero-order valence-electron chi connectivity index (χ0n) is 9.44. The zero-order chi connectivity index (χ0) is 11.7. The van der Waals surface area contributed by atoms with Gasteiger partial charge in [-0.3, -0.25) is 0 Å². The van der Waals surface area contributed by atoms with Crippen molar-refractivity contribution >= 4 is 27.1 Å². The Hall–Kier alpha value is -0.940. The number of nitrogens with two attached hydrogens (primary N) is 1. The van der Waals surface area contributed by atoms with Crippen LogP contribution in [0.5, 0.6) is 0 Å². The van der Waals surface area contributed by atoms with Gasteiger partial charge in [0.1, 0.15) is 11.3 Å². The van der Waals surface area contributed by atoms with Crippen molar-refractivity contribution in [3.8, 4) is 0 Å². The molecule has 16 heavy (non-hydrogen) atoms. The lowest BCUT2D eigenvalue weighted by molar-refractivity contribution is 0.546. The molecule has 0 aromatic carbocycles. The molecule has 0 aliphatic carbocycles. The number of hydrogen-bond donors (Lipinski definition) is 1. The summed E-state index contributed by atoms with van der Waals surface area (Å²) in [6, 6.07) is 2.22. The molecule has 0 spiro atoms. The van der Waals surface area contributed by atoms with Crippen LogP contribution in [0.15, 0.2) is 16.7 Å². The van der Waals surface area contributed by atoms with E-state index in [1.165, 1.54) is 0 Å². The number of halogens is 1. The third-order valence-electron chi connectivity index (χ3n) is 2.67. The highest BCUT2D eigenvalue weighted by atomic mass is 79.9. The second-order valence-electron chi connectivity index (χ2n) is 3.83. The lowest BCUT2D eigenvalue weighted by Gasteiger charge is -2.14. The number of nitrogens with zero attached hydrogens (tertiary/aromatic N) is 3. The first-order valence-corrected chi connectivity index (χ1v) is 6.19. The van der Waals surface area contributed by atoms with Crippen LogP contribution in [0.3, 0.4) is 0 Å². The summed E-state index contributed by atoms with van der Waals surface area (Å²) in [6.07, 6.45) is 2.68. The van der Waals surface area contributed by atoms with Crippen LogP contribution in [0.4, 0.5) is 0 Å². The van der Waals surface area contributed by atoms with Gasteiger partial charge in [-0.1, -0.05) is 6.92 Å². The predicted molar refractivity (Wildman–Crippen MR) is 68.4 cm³/mol. The first kappa shape index (κ1) is 11.5. The summed E-state index contributed by atoms with van der Waals surface area (Å²) in [5.74, 6) is 1.04. The monoisotopic (exact) mass is 282 g/mol. The summed E-state index contributed by atoms with van der Waals surface area (Å²) in [5, 5.41) is 0. The van der Waals surface area contributed by atoms with E-state index in [0.29, 0.717) is 6.54 Å². The van der Waals surface area contributed by atoms with Gasteiger partial charge in [0.15, 0.2) is 5.65 Å². The molecular weight excluding hydrogens is 268 g/mol. The molecule has 0 radical (unpaired) electrons. The summed E-state index contributed by atoms with van der Waals surface area (Å²) >= 11 is 3.41. The number of rotatable bonds is 3. The van der Waals surface area contributed by atoms with Crippen LogP contribution in [-0.4, -0.2) is 21.1 Å². The first-order valence-electron chi connectivity index (χ1n) is 5.39. The van der Waals surface area contributed by atoms with E-state index in [1.807, 2.05) is 6.07 Å². The molecule has 2 rings (SSSR count). The van der Waals surface area contributed by atoms with Gasteiger partial charge < -0.3 is 10.3 Å². The minimum absolute atomic E-state index is 0.230. The van der Waals surface area contributed by atoms with Gasteiger partial charge in [0.05, 0.1) is 0 Å². The Balaban J connectivity index is 2.68. The second kappa shape index (κ2) is 4.51. The maximum Gasteiger partial charge on any atom is 0.160 e. The maximum absolute atomic E-state index is 5.72. The molecule has 0 saturated heterocycles. The molecule has 2 N–H and O–H groups in total. The lowest BCUT2D eigenvalue weighted by Crippen LogP contribution is -2.18. The van der Waals surface area contributed by atoms with Crippen molar-refractivity contribution in [2.45, 2.75) is 26.3 Å². The van der Waals surface area contributed by atoms with Gasteiger partial charge in [-0.15, -0.1) is 0 Å². The molecule has 0 aliphatic rings. The van der Waals surface area contributed by atoms with Gasteiger partial charge in [-0.05, 0) is 28.9 Å². The van der Waals surface area contributed by atoms with Crippen LogP contribution < -0.4 is 5.73 Å². The number of imidazole rings is 1. The van der Waals surface area contributed by atoms with Gasteiger partial charge in [0, 0.05) is 29.7 Å². The minimum atomic E-state index is 0.230. The van der Waals surface area contributed by atoms with Gasteiger partial charge in [-0.2, -0.15) is 0 Å². The molecule has 4 nitrogen and oxygen atoms in total. The van der Waals surface area contributed by atoms with Gasteiger partial charge >= 0.3 is 0 Å². The first-order chi connectivity index (χ1) is 7.67. The minimum Gasteiger partial charge on any atom is -0.328 e. The third kappa shape index (κ3) is 1.85. The molecular formula is C11H15BrN4. The fraction of sp³-hybridized carbons (Fsp3) is 0.455. The molecule has 0 fully saturated rings. The van der Waals surface area contributed by atoms with Crippen molar-refractivity contribution < 1.29 is 0 Å². The van der Waals surface area contributed by atoms with Crippen molar-refractivity contribution in [2.75, 3.05) is 6.54 Å². The number of hydrogen-bond acceptors (Lipinski definition) is 3. The Bertz CT molecular complexity index is 506. The van der Waals surface area contributed by atoms with Crippen LogP contribution in [0, 0.1) is 0 Å². The summed E-state index contributed by atoms with van der Waals surface area (Å²) in [4.78, 5) is 8.99. The average Bonchev–Trinajstić information content (AvgIpc) is 2.65. The molecule has 2 aromatic heterocycles. The summed E-state index contributed by atoms with van der Waals surface area (Å²) < 4.78 is 3.08. The van der Waals surface area contributed by atoms with Crippen LogP contribution in [0.25, 0.3) is 11.2 Å². The van der Waals surface area contributed by atoms with E-state index in [0.717, 1.165) is 27.9 Å². The van der Waals surface area contributed by atoms with E-state index in [4.69, 9.17) is 5.73 Å². The maximum atomic E-state index is 5.72. The SMILES string of the molecule is CCc1nc2cc(Br)cnc2n1C(C)CN. The third-order valence-corrected chi connectivity index (χ3v) is 3.10. The number of aromatic nitrogens is 3. The van der Waals surface area contributed by atoms with Crippen LogP contribution in [0.1, 0.15) is 25.7 Å².